The van der Waals surface area contributed by atoms with Gasteiger partial charge in [-0.1, -0.05) is 0 Å². The molecule has 0 saturated carbocycles. The van der Waals surface area contributed by atoms with Crippen LogP contribution >= 0.6 is 0 Å². The molecule has 12 heteroatoms. The summed E-state index contributed by atoms with van der Waals surface area (Å²) in [7, 11) is 6.57. The highest BCUT2D eigenvalue weighted by Gasteiger charge is 2.55. The van der Waals surface area contributed by atoms with Crippen molar-refractivity contribution in [2.75, 3.05) is 41.3 Å². The van der Waals surface area contributed by atoms with Crippen LogP contribution in [0.4, 0.5) is 19.2 Å². The van der Waals surface area contributed by atoms with Crippen molar-refractivity contribution in [1.29, 1.82) is 0 Å². The molecule has 4 aliphatic rings. The first kappa shape index (κ1) is 16.5. The van der Waals surface area contributed by atoms with Crippen molar-refractivity contribution in [1.82, 2.24) is 40.0 Å². The summed E-state index contributed by atoms with van der Waals surface area (Å²) in [6.07, 6.45) is -1.68. The minimum atomic E-state index is -0.424. The van der Waals surface area contributed by atoms with Crippen molar-refractivity contribution < 1.29 is 19.2 Å². The molecule has 4 heterocycles. The number of hydrogen-bond acceptors (Lipinski definition) is 4. The Hall–Kier alpha value is -2.92. The second-order valence-electron chi connectivity index (χ2n) is 7.01. The van der Waals surface area contributed by atoms with Gasteiger partial charge in [0, 0.05) is 41.3 Å². The lowest BCUT2D eigenvalue weighted by atomic mass is 10.3. The Kier molecular flexibility index (Phi) is 3.36. The Labute approximate surface area is 150 Å². The monoisotopic (exact) mass is 366 g/mol. The lowest BCUT2D eigenvalue weighted by Crippen LogP contribution is -2.51. The summed E-state index contributed by atoms with van der Waals surface area (Å²) >= 11 is 0. The number of fused-ring (bicyclic) bond motifs is 2. The van der Waals surface area contributed by atoms with Crippen molar-refractivity contribution in [3.63, 3.8) is 0 Å². The molecule has 4 rings (SSSR count). The lowest BCUT2D eigenvalue weighted by molar-refractivity contribution is 0.112. The molecule has 0 bridgehead atoms. The fourth-order valence-electron chi connectivity index (χ4n) is 4.23. The predicted octanol–water partition coefficient (Wildman–Crippen LogP) is -1.66. The quantitative estimate of drug-likeness (QED) is 0.622. The van der Waals surface area contributed by atoms with E-state index in [1.54, 1.807) is 38.0 Å². The number of nitrogens with zero attached hydrogens (tertiary/aromatic N) is 6. The molecule has 4 saturated heterocycles. The van der Waals surface area contributed by atoms with Crippen LogP contribution < -0.4 is 10.6 Å². The van der Waals surface area contributed by atoms with E-state index in [9.17, 15) is 19.2 Å². The molecule has 4 fully saturated rings. The van der Waals surface area contributed by atoms with Gasteiger partial charge in [-0.2, -0.15) is 0 Å². The number of urea groups is 4. The number of rotatable bonds is 3. The van der Waals surface area contributed by atoms with E-state index >= 15 is 0 Å². The lowest BCUT2D eigenvalue weighted by Gasteiger charge is -2.31. The topological polar surface area (TPSA) is 112 Å². The summed E-state index contributed by atoms with van der Waals surface area (Å²) in [5.74, 6) is 0. The molecule has 4 atom stereocenters. The second kappa shape index (κ2) is 5.29. The van der Waals surface area contributed by atoms with E-state index in [1.165, 1.54) is 19.6 Å². The number of hydrogen-bond donors (Lipinski definition) is 2. The molecular formula is C14H22N8O4. The summed E-state index contributed by atoms with van der Waals surface area (Å²) in [4.78, 5) is 57.9. The second-order valence-corrected chi connectivity index (χ2v) is 7.01. The van der Waals surface area contributed by atoms with Gasteiger partial charge in [0.15, 0.2) is 0 Å². The van der Waals surface area contributed by atoms with Crippen molar-refractivity contribution in [3.8, 4) is 0 Å². The van der Waals surface area contributed by atoms with Crippen LogP contribution in [-0.2, 0) is 0 Å². The minimum absolute atomic E-state index is 0.174. The van der Waals surface area contributed by atoms with E-state index in [2.05, 4.69) is 10.6 Å². The van der Waals surface area contributed by atoms with Crippen LogP contribution in [0.1, 0.15) is 0 Å². The van der Waals surface area contributed by atoms with Gasteiger partial charge in [0.25, 0.3) is 0 Å². The van der Waals surface area contributed by atoms with Crippen molar-refractivity contribution >= 4 is 24.1 Å². The van der Waals surface area contributed by atoms with Crippen LogP contribution in [0.15, 0.2) is 0 Å². The van der Waals surface area contributed by atoms with Gasteiger partial charge in [-0.15, -0.1) is 0 Å². The average molecular weight is 366 g/mol. The number of carbonyl (C=O) groups excluding carboxylic acids is 4. The first-order chi connectivity index (χ1) is 12.2. The maximum Gasteiger partial charge on any atom is 0.323 e. The number of amides is 8. The van der Waals surface area contributed by atoms with Crippen LogP contribution in [-0.4, -0.2) is 119 Å². The predicted molar refractivity (Wildman–Crippen MR) is 87.5 cm³/mol. The number of nitrogens with one attached hydrogen (secondary N) is 2. The zero-order valence-electron chi connectivity index (χ0n) is 15.0. The Morgan fingerprint density at radius 1 is 0.654 bits per heavy atom. The Bertz CT molecular complexity index is 642. The van der Waals surface area contributed by atoms with Crippen LogP contribution in [0.25, 0.3) is 0 Å². The fourth-order valence-corrected chi connectivity index (χ4v) is 4.23. The van der Waals surface area contributed by atoms with E-state index in [0.717, 1.165) is 0 Å². The molecule has 8 amide bonds. The van der Waals surface area contributed by atoms with E-state index in [1.807, 2.05) is 0 Å². The first-order valence-electron chi connectivity index (χ1n) is 8.37. The number of likely N-dealkylation sites (N-methyl/N-ethyl adjacent to an activating group) is 4. The van der Waals surface area contributed by atoms with Gasteiger partial charge in [0.05, 0.1) is 0 Å². The molecule has 4 unspecified atom stereocenters. The van der Waals surface area contributed by atoms with Crippen LogP contribution in [0.2, 0.25) is 0 Å². The molecule has 2 N–H and O–H groups in total. The van der Waals surface area contributed by atoms with Crippen molar-refractivity contribution in [2.24, 2.45) is 0 Å². The summed E-state index contributed by atoms with van der Waals surface area (Å²) < 4.78 is 0. The molecule has 0 aliphatic carbocycles. The van der Waals surface area contributed by atoms with E-state index < -0.39 is 24.7 Å². The molecule has 4 aliphatic heterocycles. The minimum Gasteiger partial charge on any atom is -0.314 e. The van der Waals surface area contributed by atoms with Gasteiger partial charge in [-0.3, -0.25) is 9.80 Å². The average Bonchev–Trinajstić information content (AvgIpc) is 3.23. The molecule has 0 aromatic carbocycles. The molecule has 0 aromatic rings. The maximum absolute atomic E-state index is 12.3. The van der Waals surface area contributed by atoms with Crippen molar-refractivity contribution in [2.45, 2.75) is 24.7 Å². The molecule has 0 spiro atoms. The summed E-state index contributed by atoms with van der Waals surface area (Å²) in [5, 5.41) is 5.58. The SMILES string of the molecule is CN1C(=O)N(C)C2C1NC(=O)N2CCN1C(=O)NC2C1N(C)C(=O)N2C. The van der Waals surface area contributed by atoms with Crippen LogP contribution in [0.5, 0.6) is 0 Å². The van der Waals surface area contributed by atoms with E-state index in [-0.39, 0.29) is 37.2 Å². The Balaban J connectivity index is 1.49. The van der Waals surface area contributed by atoms with Gasteiger partial charge in [0.2, 0.25) is 0 Å². The highest BCUT2D eigenvalue weighted by molar-refractivity contribution is 5.86. The van der Waals surface area contributed by atoms with Gasteiger partial charge in [-0.25, -0.2) is 19.2 Å². The fraction of sp³-hybridized carbons (Fsp3) is 0.714. The number of carbonyl (C=O) groups is 4. The normalized spacial score (nSPS) is 33.4. The third-order valence-corrected chi connectivity index (χ3v) is 5.68. The Morgan fingerprint density at radius 3 is 1.35 bits per heavy atom. The molecular weight excluding hydrogens is 344 g/mol. The highest BCUT2D eigenvalue weighted by atomic mass is 16.2. The summed E-state index contributed by atoms with van der Waals surface area (Å²) in [6, 6.07) is -0.913. The Morgan fingerprint density at radius 2 is 1.00 bits per heavy atom. The van der Waals surface area contributed by atoms with Gasteiger partial charge >= 0.3 is 24.1 Å². The zero-order chi connectivity index (χ0) is 18.9. The highest BCUT2D eigenvalue weighted by Crippen LogP contribution is 2.29. The molecule has 0 radical (unpaired) electrons. The molecule has 0 aromatic heterocycles. The van der Waals surface area contributed by atoms with Gasteiger partial charge in [-0.05, 0) is 0 Å². The summed E-state index contributed by atoms with van der Waals surface area (Å²) in [6.45, 7) is 0.502. The maximum atomic E-state index is 12.3. The largest absolute Gasteiger partial charge is 0.323 e. The first-order valence-corrected chi connectivity index (χ1v) is 8.37. The standard InChI is InChI=1S/C14H22N8O4/c1-17-7-9(19(3)13(17)25)21(11(23)15-7)5-6-22-10-8(16-12(22)24)18(2)14(26)20(10)4/h7-10H,5-6H2,1-4H3,(H,15,23)(H,16,24). The van der Waals surface area contributed by atoms with E-state index in [4.69, 9.17) is 0 Å². The van der Waals surface area contributed by atoms with Crippen LogP contribution in [0, 0.1) is 0 Å². The van der Waals surface area contributed by atoms with Gasteiger partial charge in [0.1, 0.15) is 24.7 Å². The molecule has 26 heavy (non-hydrogen) atoms. The van der Waals surface area contributed by atoms with E-state index in [0.29, 0.717) is 0 Å². The molecule has 12 nitrogen and oxygen atoms in total. The smallest absolute Gasteiger partial charge is 0.314 e. The third kappa shape index (κ3) is 1.95. The van der Waals surface area contributed by atoms with Crippen LogP contribution in [0.3, 0.4) is 0 Å². The zero-order valence-corrected chi connectivity index (χ0v) is 15.0. The summed E-state index contributed by atoms with van der Waals surface area (Å²) in [5.41, 5.74) is 0. The molecule has 142 valence electrons. The third-order valence-electron chi connectivity index (χ3n) is 5.68. The van der Waals surface area contributed by atoms with Gasteiger partial charge < -0.3 is 30.2 Å². The van der Waals surface area contributed by atoms with Crippen molar-refractivity contribution in [3.05, 3.63) is 0 Å².